The van der Waals surface area contributed by atoms with Gasteiger partial charge in [-0.1, -0.05) is 37.3 Å². The zero-order chi connectivity index (χ0) is 22.5. The van der Waals surface area contributed by atoms with Crippen LogP contribution in [0.5, 0.6) is 0 Å². The highest BCUT2D eigenvalue weighted by atomic mass is 31.2. The van der Waals surface area contributed by atoms with E-state index in [0.29, 0.717) is 18.0 Å². The summed E-state index contributed by atoms with van der Waals surface area (Å²) in [6.07, 6.45) is 4.28. The first kappa shape index (κ1) is 22.0. The molecule has 0 unspecified atom stereocenters. The second-order valence-electron chi connectivity index (χ2n) is 9.02. The van der Waals surface area contributed by atoms with Gasteiger partial charge in [-0.25, -0.2) is 9.46 Å². The Bertz CT molecular complexity index is 1090. The summed E-state index contributed by atoms with van der Waals surface area (Å²) in [6.45, 7) is 6.87. The Balaban J connectivity index is 1.37. The number of nitrogens with zero attached hydrogens (tertiary/aromatic N) is 2. The number of aromatic amines is 1. The van der Waals surface area contributed by atoms with Gasteiger partial charge in [0.25, 0.3) is 14.1 Å². The fraction of sp³-hybridized carbons (Fsp3) is 0.565. The maximum atomic E-state index is 12.4. The molecule has 1 aromatic heterocycles. The maximum Gasteiger partial charge on any atom is 0.330 e. The van der Waals surface area contributed by atoms with Gasteiger partial charge >= 0.3 is 5.69 Å². The van der Waals surface area contributed by atoms with Gasteiger partial charge in [-0.2, -0.15) is 0 Å². The van der Waals surface area contributed by atoms with E-state index in [0.717, 1.165) is 25.8 Å². The third-order valence-corrected chi connectivity index (χ3v) is 8.83. The molecule has 3 aliphatic heterocycles. The molecule has 9 heteroatoms. The van der Waals surface area contributed by atoms with Gasteiger partial charge in [0.05, 0.1) is 18.2 Å². The Kier molecular flexibility index (Phi) is 5.84. The molecule has 8 nitrogen and oxygen atoms in total. The Morgan fingerprint density at radius 2 is 2.06 bits per heavy atom. The van der Waals surface area contributed by atoms with E-state index < -0.39 is 26.0 Å². The SMILES string of the molecule is CC[C@H]1O[C@@H](n2cc(C)c(=O)[nH]c2=O)C[C@H]1O[P@]1O[C@@](C)(c2ccccc2)[C@H]2CCCN21. The second-order valence-corrected chi connectivity index (χ2v) is 10.4. The topological polar surface area (TPSA) is 85.8 Å². The molecule has 0 aliphatic carbocycles. The molecule has 172 valence electrons. The summed E-state index contributed by atoms with van der Waals surface area (Å²) in [6, 6.07) is 10.7. The zero-order valence-corrected chi connectivity index (χ0v) is 19.6. The van der Waals surface area contributed by atoms with E-state index >= 15 is 0 Å². The molecule has 4 heterocycles. The zero-order valence-electron chi connectivity index (χ0n) is 18.7. The molecular weight excluding hydrogens is 429 g/mol. The smallest absolute Gasteiger partial charge is 0.330 e. The number of hydrogen-bond donors (Lipinski definition) is 1. The maximum absolute atomic E-state index is 12.4. The van der Waals surface area contributed by atoms with E-state index in [1.165, 1.54) is 10.1 Å². The number of fused-ring (bicyclic) bond motifs is 1. The molecule has 0 radical (unpaired) electrons. The third-order valence-electron chi connectivity index (χ3n) is 6.95. The molecule has 0 spiro atoms. The van der Waals surface area contributed by atoms with Crippen molar-refractivity contribution in [3.05, 3.63) is 68.5 Å². The highest BCUT2D eigenvalue weighted by Crippen LogP contribution is 2.64. The quantitative estimate of drug-likeness (QED) is 0.689. The van der Waals surface area contributed by atoms with Gasteiger partial charge in [-0.05, 0) is 38.7 Å². The standard InChI is InChI=1S/C23H30N3O5P/c1-4-17-18(13-20(29-17)25-14-15(2)21(27)24-22(25)28)30-32-26-12-8-11-19(26)23(3,31-32)16-9-6-5-7-10-16/h5-7,9-10,14,17-20H,4,8,11-13H2,1-3H3,(H,24,27,28)/t17-,18-,19-,20-,23+,32-/m1/s1. The molecule has 6 atom stereocenters. The first-order valence-corrected chi connectivity index (χ1v) is 12.5. The fourth-order valence-electron chi connectivity index (χ4n) is 5.14. The molecule has 3 fully saturated rings. The minimum Gasteiger partial charge on any atom is -0.352 e. The molecule has 1 aromatic carbocycles. The summed E-state index contributed by atoms with van der Waals surface area (Å²) in [5.74, 6) is 0. The van der Waals surface area contributed by atoms with E-state index in [1.807, 2.05) is 6.07 Å². The molecule has 1 N–H and O–H groups in total. The molecule has 0 bridgehead atoms. The summed E-state index contributed by atoms with van der Waals surface area (Å²) in [7, 11) is -1.24. The lowest BCUT2D eigenvalue weighted by atomic mass is 9.87. The van der Waals surface area contributed by atoms with Crippen molar-refractivity contribution in [1.29, 1.82) is 0 Å². The number of ether oxygens (including phenoxy) is 1. The highest BCUT2D eigenvalue weighted by molar-refractivity contribution is 7.45. The molecule has 0 amide bonds. The molecule has 0 saturated carbocycles. The van der Waals surface area contributed by atoms with E-state index in [4.69, 9.17) is 13.8 Å². The van der Waals surface area contributed by atoms with Crippen molar-refractivity contribution in [1.82, 2.24) is 14.2 Å². The first-order chi connectivity index (χ1) is 15.4. The van der Waals surface area contributed by atoms with E-state index in [9.17, 15) is 9.59 Å². The summed E-state index contributed by atoms with van der Waals surface area (Å²) >= 11 is 0. The minimum atomic E-state index is -1.24. The van der Waals surface area contributed by atoms with Crippen molar-refractivity contribution in [2.45, 2.75) is 76.5 Å². The minimum absolute atomic E-state index is 0.144. The summed E-state index contributed by atoms with van der Waals surface area (Å²) in [4.78, 5) is 26.5. The van der Waals surface area contributed by atoms with Crippen LogP contribution in [-0.2, 0) is 19.4 Å². The molecule has 3 saturated heterocycles. The molecule has 2 aromatic rings. The van der Waals surface area contributed by atoms with Crippen molar-refractivity contribution in [3.8, 4) is 0 Å². The van der Waals surface area contributed by atoms with Crippen molar-refractivity contribution in [2.75, 3.05) is 6.54 Å². The van der Waals surface area contributed by atoms with Crippen molar-refractivity contribution < 1.29 is 13.8 Å². The van der Waals surface area contributed by atoms with Crippen LogP contribution in [0.1, 0.15) is 56.9 Å². The van der Waals surface area contributed by atoms with Gasteiger partial charge < -0.3 is 13.8 Å². The predicted molar refractivity (Wildman–Crippen MR) is 121 cm³/mol. The van der Waals surface area contributed by atoms with Crippen LogP contribution in [0.3, 0.4) is 0 Å². The van der Waals surface area contributed by atoms with Gasteiger partial charge in [-0.3, -0.25) is 14.3 Å². The molecular formula is C23H30N3O5P. The first-order valence-electron chi connectivity index (χ1n) is 11.4. The van der Waals surface area contributed by atoms with Gasteiger partial charge in [-0.15, -0.1) is 0 Å². The Labute approximate surface area is 188 Å². The lowest BCUT2D eigenvalue weighted by molar-refractivity contribution is -0.0199. The summed E-state index contributed by atoms with van der Waals surface area (Å²) in [5.41, 5.74) is 0.421. The summed E-state index contributed by atoms with van der Waals surface area (Å²) in [5, 5.41) is 0. The average Bonchev–Trinajstić information content (AvgIpc) is 3.49. The van der Waals surface area contributed by atoms with E-state index in [2.05, 4.69) is 47.8 Å². The Morgan fingerprint density at radius 1 is 1.28 bits per heavy atom. The van der Waals surface area contributed by atoms with Crippen molar-refractivity contribution in [3.63, 3.8) is 0 Å². The van der Waals surface area contributed by atoms with Crippen LogP contribution in [0.15, 0.2) is 46.1 Å². The fourth-order valence-corrected chi connectivity index (χ4v) is 7.28. The van der Waals surface area contributed by atoms with Crippen molar-refractivity contribution >= 4 is 8.53 Å². The van der Waals surface area contributed by atoms with Crippen LogP contribution in [-0.4, -0.2) is 39.0 Å². The van der Waals surface area contributed by atoms with Crippen LogP contribution < -0.4 is 11.2 Å². The van der Waals surface area contributed by atoms with Crippen LogP contribution in [0.4, 0.5) is 0 Å². The summed E-state index contributed by atoms with van der Waals surface area (Å²) < 4.78 is 23.3. The molecule has 32 heavy (non-hydrogen) atoms. The number of hydrogen-bond acceptors (Lipinski definition) is 6. The lowest BCUT2D eigenvalue weighted by Gasteiger charge is -2.29. The Morgan fingerprint density at radius 3 is 2.81 bits per heavy atom. The number of benzene rings is 1. The Hall–Kier alpha value is -1.83. The van der Waals surface area contributed by atoms with Crippen LogP contribution in [0, 0.1) is 6.92 Å². The van der Waals surface area contributed by atoms with Crippen molar-refractivity contribution in [2.24, 2.45) is 0 Å². The second kappa shape index (κ2) is 8.50. The monoisotopic (exact) mass is 459 g/mol. The number of aromatic nitrogens is 2. The van der Waals surface area contributed by atoms with Crippen LogP contribution >= 0.6 is 8.53 Å². The number of aryl methyl sites for hydroxylation is 1. The number of H-pyrrole nitrogens is 1. The average molecular weight is 459 g/mol. The van der Waals surface area contributed by atoms with Gasteiger partial charge in [0.2, 0.25) is 0 Å². The van der Waals surface area contributed by atoms with Gasteiger partial charge in [0.1, 0.15) is 11.8 Å². The molecule has 3 aliphatic rings. The third kappa shape index (κ3) is 3.68. The number of rotatable bonds is 5. The van der Waals surface area contributed by atoms with Crippen LogP contribution in [0.25, 0.3) is 0 Å². The van der Waals surface area contributed by atoms with E-state index in [-0.39, 0.29) is 17.8 Å². The molecule has 5 rings (SSSR count). The lowest BCUT2D eigenvalue weighted by Crippen LogP contribution is -2.36. The number of nitrogens with one attached hydrogen (secondary N) is 1. The van der Waals surface area contributed by atoms with Gasteiger partial charge in [0.15, 0.2) is 0 Å². The predicted octanol–water partition coefficient (Wildman–Crippen LogP) is 3.56. The highest BCUT2D eigenvalue weighted by Gasteiger charge is 2.56. The van der Waals surface area contributed by atoms with Crippen LogP contribution in [0.2, 0.25) is 0 Å². The van der Waals surface area contributed by atoms with E-state index in [1.54, 1.807) is 13.1 Å². The normalized spacial score (nSPS) is 34.8. The van der Waals surface area contributed by atoms with Gasteiger partial charge in [0, 0.05) is 24.7 Å². The largest absolute Gasteiger partial charge is 0.352 e.